The molecule has 0 aliphatic heterocycles. The second-order valence-electron chi connectivity index (χ2n) is 2.03. The van der Waals surface area contributed by atoms with Gasteiger partial charge >= 0.3 is 5.69 Å². The van der Waals surface area contributed by atoms with Crippen molar-refractivity contribution in [2.75, 3.05) is 13.7 Å². The molecule has 1 aromatic rings. The highest BCUT2D eigenvalue weighted by atomic mass is 16.6. The molecule has 0 aliphatic rings. The van der Waals surface area contributed by atoms with Crippen LogP contribution in [0.4, 0.5) is 5.69 Å². The normalized spacial score (nSPS) is 8.50. The van der Waals surface area contributed by atoms with E-state index in [4.69, 9.17) is 4.74 Å². The summed E-state index contributed by atoms with van der Waals surface area (Å²) < 4.78 is 5.02. The van der Waals surface area contributed by atoms with Crippen molar-refractivity contribution in [3.63, 3.8) is 0 Å². The SMILES string of the molecule is CCOc1ccncc1[N+](=O)[O-].CN. The lowest BCUT2D eigenvalue weighted by molar-refractivity contribution is -0.386. The first kappa shape index (κ1) is 12.3. The van der Waals surface area contributed by atoms with Crippen molar-refractivity contribution < 1.29 is 9.66 Å². The second kappa shape index (κ2) is 6.79. The predicted octanol–water partition coefficient (Wildman–Crippen LogP) is 0.963. The monoisotopic (exact) mass is 199 g/mol. The van der Waals surface area contributed by atoms with E-state index in [0.717, 1.165) is 0 Å². The molecule has 1 rings (SSSR count). The molecule has 1 heterocycles. The molecule has 6 heteroatoms. The van der Waals surface area contributed by atoms with Crippen LogP contribution in [0.25, 0.3) is 0 Å². The molecular weight excluding hydrogens is 186 g/mol. The molecule has 0 aromatic carbocycles. The lowest BCUT2D eigenvalue weighted by Gasteiger charge is -2.01. The number of nitrogens with zero attached hydrogens (tertiary/aromatic N) is 2. The average Bonchev–Trinajstić information content (AvgIpc) is 2.22. The summed E-state index contributed by atoms with van der Waals surface area (Å²) in [5, 5.41) is 10.4. The van der Waals surface area contributed by atoms with Gasteiger partial charge in [-0.05, 0) is 14.0 Å². The summed E-state index contributed by atoms with van der Waals surface area (Å²) in [4.78, 5) is 13.5. The van der Waals surface area contributed by atoms with Crippen molar-refractivity contribution in [2.45, 2.75) is 6.92 Å². The van der Waals surface area contributed by atoms with Gasteiger partial charge in [0.15, 0.2) is 5.75 Å². The Hall–Kier alpha value is -1.69. The maximum atomic E-state index is 10.4. The molecule has 0 atom stereocenters. The summed E-state index contributed by atoms with van der Waals surface area (Å²) in [5.41, 5.74) is 4.40. The van der Waals surface area contributed by atoms with Crippen LogP contribution in [0.1, 0.15) is 6.92 Å². The van der Waals surface area contributed by atoms with Gasteiger partial charge in [-0.2, -0.15) is 0 Å². The van der Waals surface area contributed by atoms with Crippen LogP contribution < -0.4 is 10.5 Å². The van der Waals surface area contributed by atoms with Crippen LogP contribution in [0, 0.1) is 10.1 Å². The number of nitrogens with two attached hydrogens (primary N) is 1. The molecule has 0 radical (unpaired) electrons. The van der Waals surface area contributed by atoms with Crippen LogP contribution >= 0.6 is 0 Å². The molecule has 14 heavy (non-hydrogen) atoms. The van der Waals surface area contributed by atoms with Crippen molar-refractivity contribution in [1.29, 1.82) is 0 Å². The summed E-state index contributed by atoms with van der Waals surface area (Å²) in [7, 11) is 1.50. The van der Waals surface area contributed by atoms with Gasteiger partial charge in [-0.1, -0.05) is 0 Å². The van der Waals surface area contributed by atoms with Gasteiger partial charge < -0.3 is 10.5 Å². The number of rotatable bonds is 3. The first-order valence-electron chi connectivity index (χ1n) is 4.04. The van der Waals surface area contributed by atoms with Crippen molar-refractivity contribution >= 4 is 5.69 Å². The Kier molecular flexibility index (Phi) is 5.97. The van der Waals surface area contributed by atoms with Crippen LogP contribution in [-0.2, 0) is 0 Å². The summed E-state index contributed by atoms with van der Waals surface area (Å²) >= 11 is 0. The molecule has 78 valence electrons. The fourth-order valence-electron chi connectivity index (χ4n) is 0.788. The Morgan fingerprint density at radius 1 is 1.64 bits per heavy atom. The molecule has 6 nitrogen and oxygen atoms in total. The number of pyridine rings is 1. The van der Waals surface area contributed by atoms with Crippen LogP contribution in [0.5, 0.6) is 5.75 Å². The van der Waals surface area contributed by atoms with Gasteiger partial charge in [0.25, 0.3) is 0 Å². The molecule has 0 bridgehead atoms. The van der Waals surface area contributed by atoms with Gasteiger partial charge in [-0.3, -0.25) is 15.1 Å². The van der Waals surface area contributed by atoms with E-state index in [1.165, 1.54) is 25.5 Å². The Balaban J connectivity index is 0.000000791. The van der Waals surface area contributed by atoms with E-state index in [0.29, 0.717) is 6.61 Å². The lowest BCUT2D eigenvalue weighted by atomic mass is 10.4. The number of hydrogen-bond acceptors (Lipinski definition) is 5. The zero-order valence-corrected chi connectivity index (χ0v) is 8.14. The van der Waals surface area contributed by atoms with Gasteiger partial charge in [0.2, 0.25) is 0 Å². The molecule has 0 spiro atoms. The fourth-order valence-corrected chi connectivity index (χ4v) is 0.788. The van der Waals surface area contributed by atoms with Crippen molar-refractivity contribution in [3.05, 3.63) is 28.6 Å². The van der Waals surface area contributed by atoms with E-state index in [1.54, 1.807) is 6.92 Å². The molecule has 0 saturated heterocycles. The first-order chi connectivity index (χ1) is 6.75. The summed E-state index contributed by atoms with van der Waals surface area (Å²) in [6.45, 7) is 2.18. The van der Waals surface area contributed by atoms with Crippen LogP contribution in [0.15, 0.2) is 18.5 Å². The molecule has 2 N–H and O–H groups in total. The van der Waals surface area contributed by atoms with E-state index in [-0.39, 0.29) is 11.4 Å². The van der Waals surface area contributed by atoms with Gasteiger partial charge in [-0.15, -0.1) is 0 Å². The van der Waals surface area contributed by atoms with Gasteiger partial charge in [0, 0.05) is 12.3 Å². The minimum Gasteiger partial charge on any atom is -0.487 e. The third-order valence-electron chi connectivity index (χ3n) is 1.26. The zero-order valence-electron chi connectivity index (χ0n) is 8.14. The highest BCUT2D eigenvalue weighted by Gasteiger charge is 2.13. The number of hydrogen-bond donors (Lipinski definition) is 1. The summed E-state index contributed by atoms with van der Waals surface area (Å²) in [5.74, 6) is 0.262. The molecule has 0 aliphatic carbocycles. The van der Waals surface area contributed by atoms with Crippen LogP contribution in [-0.4, -0.2) is 23.6 Å². The third-order valence-corrected chi connectivity index (χ3v) is 1.26. The summed E-state index contributed by atoms with van der Waals surface area (Å²) in [6.07, 6.45) is 2.63. The number of aromatic nitrogens is 1. The quantitative estimate of drug-likeness (QED) is 0.578. The Labute approximate surface area is 81.9 Å². The molecule has 0 saturated carbocycles. The smallest absolute Gasteiger partial charge is 0.329 e. The molecule has 0 fully saturated rings. The van der Waals surface area contributed by atoms with Gasteiger partial charge in [-0.25, -0.2) is 0 Å². The number of ether oxygens (including phenoxy) is 1. The average molecular weight is 199 g/mol. The van der Waals surface area contributed by atoms with E-state index in [1.807, 2.05) is 0 Å². The van der Waals surface area contributed by atoms with E-state index >= 15 is 0 Å². The minimum absolute atomic E-state index is 0.0978. The fraction of sp³-hybridized carbons (Fsp3) is 0.375. The van der Waals surface area contributed by atoms with E-state index in [9.17, 15) is 10.1 Å². The largest absolute Gasteiger partial charge is 0.487 e. The Bertz CT molecular complexity index is 291. The maximum Gasteiger partial charge on any atom is 0.329 e. The molecule has 1 aromatic heterocycles. The van der Waals surface area contributed by atoms with Crippen molar-refractivity contribution in [1.82, 2.24) is 4.98 Å². The highest BCUT2D eigenvalue weighted by molar-refractivity contribution is 5.42. The van der Waals surface area contributed by atoms with Crippen molar-refractivity contribution in [3.8, 4) is 5.75 Å². The van der Waals surface area contributed by atoms with E-state index < -0.39 is 4.92 Å². The first-order valence-corrected chi connectivity index (χ1v) is 4.04. The number of nitro groups is 1. The van der Waals surface area contributed by atoms with E-state index in [2.05, 4.69) is 10.7 Å². The maximum absolute atomic E-state index is 10.4. The van der Waals surface area contributed by atoms with Crippen LogP contribution in [0.3, 0.4) is 0 Å². The minimum atomic E-state index is -0.516. The van der Waals surface area contributed by atoms with Crippen LogP contribution in [0.2, 0.25) is 0 Å². The predicted molar refractivity (Wildman–Crippen MR) is 52.2 cm³/mol. The zero-order chi connectivity index (χ0) is 11.0. The standard InChI is InChI=1S/C7H8N2O3.CH5N/c1-2-12-7-3-4-8-5-6(7)9(10)11;1-2/h3-5H,2H2,1H3;2H2,1H3. The highest BCUT2D eigenvalue weighted by Crippen LogP contribution is 2.24. The lowest BCUT2D eigenvalue weighted by Crippen LogP contribution is -1.97. The van der Waals surface area contributed by atoms with Gasteiger partial charge in [0.1, 0.15) is 6.20 Å². The summed E-state index contributed by atoms with van der Waals surface area (Å²) in [6, 6.07) is 1.47. The Morgan fingerprint density at radius 3 is 2.79 bits per heavy atom. The third kappa shape index (κ3) is 3.36. The molecular formula is C8H13N3O3. The van der Waals surface area contributed by atoms with Crippen molar-refractivity contribution in [2.24, 2.45) is 5.73 Å². The molecule has 0 unspecified atom stereocenters. The molecule has 0 amide bonds. The Morgan fingerprint density at radius 2 is 2.29 bits per heavy atom. The van der Waals surface area contributed by atoms with Gasteiger partial charge in [0.05, 0.1) is 11.5 Å². The topological polar surface area (TPSA) is 91.3 Å². The second-order valence-corrected chi connectivity index (χ2v) is 2.03.